The molecule has 2 aliphatic heterocycles. The Morgan fingerprint density at radius 1 is 1.11 bits per heavy atom. The van der Waals surface area contributed by atoms with Crippen LogP contribution in [0.2, 0.25) is 5.02 Å². The second kappa shape index (κ2) is 10.7. The lowest BCUT2D eigenvalue weighted by Crippen LogP contribution is -2.45. The van der Waals surface area contributed by atoms with E-state index < -0.39 is 0 Å². The largest absolute Gasteiger partial charge is 0.447 e. The number of hydrogen-bond acceptors (Lipinski definition) is 6. The van der Waals surface area contributed by atoms with Gasteiger partial charge in [0.15, 0.2) is 0 Å². The van der Waals surface area contributed by atoms with Crippen molar-refractivity contribution in [2.45, 2.75) is 44.8 Å². The summed E-state index contributed by atoms with van der Waals surface area (Å²) in [6, 6.07) is 11.3. The van der Waals surface area contributed by atoms with Crippen LogP contribution < -0.4 is 10.6 Å². The van der Waals surface area contributed by atoms with Crippen LogP contribution >= 0.6 is 11.6 Å². The van der Waals surface area contributed by atoms with Crippen molar-refractivity contribution in [1.29, 1.82) is 0 Å². The molecule has 0 spiro atoms. The van der Waals surface area contributed by atoms with Crippen molar-refractivity contribution in [1.82, 2.24) is 14.8 Å². The van der Waals surface area contributed by atoms with Crippen LogP contribution in [0, 0.1) is 5.92 Å². The minimum absolute atomic E-state index is 0.0139. The van der Waals surface area contributed by atoms with Gasteiger partial charge in [0.05, 0.1) is 24.0 Å². The molecule has 2 amide bonds. The zero-order chi connectivity index (χ0) is 25.1. The Labute approximate surface area is 212 Å². The SMILES string of the molecule is CC(C)OC(=O)N(C)[C@@H]1CN(C(=O)C2CCN(c3ccc(N)cn3)CC2)C[C@H]1c1ccc(Cl)cc1. The zero-order valence-corrected chi connectivity index (χ0v) is 21.3. The summed E-state index contributed by atoms with van der Waals surface area (Å²) in [5.41, 5.74) is 7.45. The summed E-state index contributed by atoms with van der Waals surface area (Å²) in [6.07, 6.45) is 2.61. The van der Waals surface area contributed by atoms with Crippen LogP contribution in [-0.2, 0) is 9.53 Å². The lowest BCUT2D eigenvalue weighted by molar-refractivity contribution is -0.135. The molecule has 2 atom stereocenters. The molecule has 2 N–H and O–H groups in total. The number of piperidine rings is 1. The van der Waals surface area contributed by atoms with Gasteiger partial charge in [-0.2, -0.15) is 0 Å². The number of likely N-dealkylation sites (N-methyl/N-ethyl adjacent to an activating group) is 1. The van der Waals surface area contributed by atoms with Crippen molar-refractivity contribution in [2.75, 3.05) is 43.9 Å². The fraction of sp³-hybridized carbons (Fsp3) is 0.500. The predicted octanol–water partition coefficient (Wildman–Crippen LogP) is 4.01. The molecule has 2 aliphatic rings. The number of halogens is 1. The lowest BCUT2D eigenvalue weighted by atomic mass is 9.93. The molecular weight excluding hydrogens is 466 g/mol. The van der Waals surface area contributed by atoms with Crippen molar-refractivity contribution >= 4 is 35.1 Å². The molecule has 1 aromatic heterocycles. The minimum atomic E-state index is -0.373. The van der Waals surface area contributed by atoms with Crippen LogP contribution in [0.5, 0.6) is 0 Å². The second-order valence-corrected chi connectivity index (χ2v) is 10.2. The molecule has 2 fully saturated rings. The predicted molar refractivity (Wildman–Crippen MR) is 138 cm³/mol. The van der Waals surface area contributed by atoms with E-state index in [0.29, 0.717) is 23.8 Å². The molecule has 0 radical (unpaired) electrons. The number of anilines is 2. The molecule has 3 heterocycles. The first-order chi connectivity index (χ1) is 16.7. The average Bonchev–Trinajstić information content (AvgIpc) is 3.29. The summed E-state index contributed by atoms with van der Waals surface area (Å²) in [7, 11) is 1.75. The maximum atomic E-state index is 13.6. The molecular formula is C26H34ClN5O3. The Morgan fingerprint density at radius 2 is 1.80 bits per heavy atom. The number of nitrogens with two attached hydrogens (primary N) is 1. The third-order valence-electron chi connectivity index (χ3n) is 6.96. The quantitative estimate of drug-likeness (QED) is 0.668. The number of likely N-dealkylation sites (tertiary alicyclic amines) is 1. The van der Waals surface area contributed by atoms with E-state index in [1.807, 2.05) is 55.1 Å². The number of pyridine rings is 1. The van der Waals surface area contributed by atoms with Gasteiger partial charge >= 0.3 is 6.09 Å². The normalized spacial score (nSPS) is 20.8. The van der Waals surface area contributed by atoms with Crippen molar-refractivity contribution in [3.05, 3.63) is 53.2 Å². The number of amides is 2. The van der Waals surface area contributed by atoms with E-state index >= 15 is 0 Å². The fourth-order valence-corrected chi connectivity index (χ4v) is 5.14. The first-order valence-corrected chi connectivity index (χ1v) is 12.5. The first kappa shape index (κ1) is 25.1. The summed E-state index contributed by atoms with van der Waals surface area (Å²) in [5, 5.41) is 0.658. The van der Waals surface area contributed by atoms with Gasteiger partial charge in [0.1, 0.15) is 5.82 Å². The monoisotopic (exact) mass is 499 g/mol. The van der Waals surface area contributed by atoms with Gasteiger partial charge in [0.2, 0.25) is 5.91 Å². The highest BCUT2D eigenvalue weighted by atomic mass is 35.5. The number of rotatable bonds is 5. The summed E-state index contributed by atoms with van der Waals surface area (Å²) < 4.78 is 5.44. The Balaban J connectivity index is 1.45. The van der Waals surface area contributed by atoms with E-state index in [-0.39, 0.29) is 36.0 Å². The fourth-order valence-electron chi connectivity index (χ4n) is 5.02. The Morgan fingerprint density at radius 3 is 2.40 bits per heavy atom. The number of hydrogen-bond donors (Lipinski definition) is 1. The topological polar surface area (TPSA) is 92.0 Å². The Bertz CT molecular complexity index is 1020. The molecule has 9 heteroatoms. The molecule has 4 rings (SSSR count). The van der Waals surface area contributed by atoms with E-state index in [2.05, 4.69) is 9.88 Å². The molecule has 2 aromatic rings. The molecule has 0 unspecified atom stereocenters. The van der Waals surface area contributed by atoms with Crippen LogP contribution in [0.1, 0.15) is 38.2 Å². The molecule has 8 nitrogen and oxygen atoms in total. The van der Waals surface area contributed by atoms with Gasteiger partial charge in [-0.25, -0.2) is 9.78 Å². The summed E-state index contributed by atoms with van der Waals surface area (Å²) in [4.78, 5) is 36.4. The Kier molecular flexibility index (Phi) is 7.69. The Hall–Kier alpha value is -3.00. The molecule has 2 saturated heterocycles. The number of carbonyl (C=O) groups is 2. The smallest absolute Gasteiger partial charge is 0.410 e. The van der Waals surface area contributed by atoms with E-state index in [1.165, 1.54) is 0 Å². The minimum Gasteiger partial charge on any atom is -0.447 e. The van der Waals surface area contributed by atoms with Gasteiger partial charge in [0, 0.05) is 50.1 Å². The van der Waals surface area contributed by atoms with Crippen LogP contribution in [0.3, 0.4) is 0 Å². The second-order valence-electron chi connectivity index (χ2n) is 9.72. The number of benzene rings is 1. The van der Waals surface area contributed by atoms with Gasteiger partial charge in [-0.1, -0.05) is 23.7 Å². The molecule has 0 saturated carbocycles. The van der Waals surface area contributed by atoms with Gasteiger partial charge in [-0.3, -0.25) is 4.79 Å². The number of carbonyl (C=O) groups excluding carboxylic acids is 2. The van der Waals surface area contributed by atoms with Gasteiger partial charge < -0.3 is 25.2 Å². The lowest BCUT2D eigenvalue weighted by Gasteiger charge is -2.34. The standard InChI is InChI=1S/C26H34ClN5O3/c1-17(2)35-26(34)30(3)23-16-32(15-22(23)18-4-6-20(27)7-5-18)25(33)19-10-12-31(13-11-19)24-9-8-21(28)14-29-24/h4-9,14,17,19,22-23H,10-13,15-16,28H2,1-3H3/t22-,23+/m0/s1. The van der Waals surface area contributed by atoms with Crippen molar-refractivity contribution in [2.24, 2.45) is 5.92 Å². The van der Waals surface area contributed by atoms with Gasteiger partial charge in [-0.05, 0) is 56.5 Å². The van der Waals surface area contributed by atoms with E-state index in [4.69, 9.17) is 22.1 Å². The molecule has 35 heavy (non-hydrogen) atoms. The molecule has 1 aromatic carbocycles. The van der Waals surface area contributed by atoms with Crippen LogP contribution in [-0.4, -0.2) is 72.2 Å². The van der Waals surface area contributed by atoms with Gasteiger partial charge in [0.25, 0.3) is 0 Å². The van der Waals surface area contributed by atoms with Gasteiger partial charge in [-0.15, -0.1) is 0 Å². The van der Waals surface area contributed by atoms with Crippen molar-refractivity contribution in [3.8, 4) is 0 Å². The zero-order valence-electron chi connectivity index (χ0n) is 20.6. The number of ether oxygens (including phenoxy) is 1. The number of nitrogen functional groups attached to an aromatic ring is 1. The summed E-state index contributed by atoms with van der Waals surface area (Å²) in [5.74, 6) is 0.985. The highest BCUT2D eigenvalue weighted by Crippen LogP contribution is 2.34. The number of nitrogens with zero attached hydrogens (tertiary/aromatic N) is 4. The highest BCUT2D eigenvalue weighted by Gasteiger charge is 2.42. The first-order valence-electron chi connectivity index (χ1n) is 12.2. The summed E-state index contributed by atoms with van der Waals surface area (Å²) in [6.45, 7) is 6.25. The third kappa shape index (κ3) is 5.81. The summed E-state index contributed by atoms with van der Waals surface area (Å²) >= 11 is 6.11. The number of aromatic nitrogens is 1. The maximum Gasteiger partial charge on any atom is 0.410 e. The molecule has 188 valence electrons. The van der Waals surface area contributed by atoms with E-state index in [0.717, 1.165) is 37.3 Å². The van der Waals surface area contributed by atoms with Crippen LogP contribution in [0.4, 0.5) is 16.3 Å². The maximum absolute atomic E-state index is 13.6. The third-order valence-corrected chi connectivity index (χ3v) is 7.21. The average molecular weight is 500 g/mol. The molecule has 0 bridgehead atoms. The van der Waals surface area contributed by atoms with Crippen LogP contribution in [0.25, 0.3) is 0 Å². The van der Waals surface area contributed by atoms with E-state index in [9.17, 15) is 9.59 Å². The molecule has 0 aliphatic carbocycles. The van der Waals surface area contributed by atoms with Crippen LogP contribution in [0.15, 0.2) is 42.6 Å². The van der Waals surface area contributed by atoms with Crippen molar-refractivity contribution in [3.63, 3.8) is 0 Å². The van der Waals surface area contributed by atoms with Crippen molar-refractivity contribution < 1.29 is 14.3 Å². The van der Waals surface area contributed by atoms with E-state index in [1.54, 1.807) is 18.1 Å². The highest BCUT2D eigenvalue weighted by molar-refractivity contribution is 6.30.